The van der Waals surface area contributed by atoms with Gasteiger partial charge in [-0.25, -0.2) is 4.79 Å². The zero-order valence-corrected chi connectivity index (χ0v) is 9.93. The number of likely N-dealkylation sites (N-methyl/N-ethyl adjacent to an activating group) is 1. The van der Waals surface area contributed by atoms with Gasteiger partial charge in [-0.15, -0.1) is 0 Å². The van der Waals surface area contributed by atoms with Crippen molar-refractivity contribution in [2.24, 2.45) is 0 Å². The van der Waals surface area contributed by atoms with Gasteiger partial charge >= 0.3 is 5.76 Å². The van der Waals surface area contributed by atoms with Gasteiger partial charge in [0.25, 0.3) is 0 Å². The van der Waals surface area contributed by atoms with Crippen LogP contribution >= 0.6 is 0 Å². The Balaban J connectivity index is 2.52. The van der Waals surface area contributed by atoms with Gasteiger partial charge in [0.1, 0.15) is 0 Å². The summed E-state index contributed by atoms with van der Waals surface area (Å²) in [6, 6.07) is 5.29. The summed E-state index contributed by atoms with van der Waals surface area (Å²) >= 11 is 0. The van der Waals surface area contributed by atoms with Crippen LogP contribution in [0.5, 0.6) is 0 Å². The quantitative estimate of drug-likeness (QED) is 0.826. The molecule has 0 aliphatic carbocycles. The minimum absolute atomic E-state index is 0.359. The first-order chi connectivity index (χ1) is 8.17. The van der Waals surface area contributed by atoms with E-state index < -0.39 is 6.10 Å². The van der Waals surface area contributed by atoms with Gasteiger partial charge in [0.2, 0.25) is 0 Å². The highest BCUT2D eigenvalue weighted by atomic mass is 16.4. The fourth-order valence-electron chi connectivity index (χ4n) is 1.90. The molecular formula is C12H16N2O3. The molecule has 0 radical (unpaired) electrons. The third kappa shape index (κ3) is 2.11. The number of oxazole rings is 1. The van der Waals surface area contributed by atoms with Crippen molar-refractivity contribution in [2.45, 2.75) is 19.6 Å². The molecule has 5 heteroatoms. The molecule has 1 atom stereocenters. The van der Waals surface area contributed by atoms with Crippen LogP contribution in [0.15, 0.2) is 27.4 Å². The first kappa shape index (κ1) is 11.9. The van der Waals surface area contributed by atoms with Crippen molar-refractivity contribution in [3.63, 3.8) is 0 Å². The lowest BCUT2D eigenvalue weighted by molar-refractivity contribution is 0.178. The Hall–Kier alpha value is -1.59. The molecule has 5 nitrogen and oxygen atoms in total. The Kier molecular flexibility index (Phi) is 3.31. The number of aliphatic hydroxyl groups is 1. The van der Waals surface area contributed by atoms with Crippen molar-refractivity contribution >= 4 is 11.1 Å². The summed E-state index contributed by atoms with van der Waals surface area (Å²) in [6.45, 7) is 2.91. The van der Waals surface area contributed by atoms with E-state index in [1.54, 1.807) is 29.8 Å². The molecular weight excluding hydrogens is 220 g/mol. The molecule has 17 heavy (non-hydrogen) atoms. The number of benzene rings is 1. The van der Waals surface area contributed by atoms with Gasteiger partial charge in [-0.3, -0.25) is 4.57 Å². The lowest BCUT2D eigenvalue weighted by atomic mass is 10.1. The van der Waals surface area contributed by atoms with E-state index in [2.05, 4.69) is 5.32 Å². The van der Waals surface area contributed by atoms with Crippen LogP contribution in [-0.2, 0) is 6.54 Å². The van der Waals surface area contributed by atoms with E-state index in [0.717, 1.165) is 11.1 Å². The van der Waals surface area contributed by atoms with Gasteiger partial charge < -0.3 is 14.8 Å². The molecule has 92 valence electrons. The highest BCUT2D eigenvalue weighted by molar-refractivity contribution is 5.73. The summed E-state index contributed by atoms with van der Waals surface area (Å²) in [5.74, 6) is -0.359. The second-order valence-corrected chi connectivity index (χ2v) is 3.91. The smallest absolute Gasteiger partial charge is 0.408 e. The topological polar surface area (TPSA) is 67.4 Å². The van der Waals surface area contributed by atoms with Gasteiger partial charge in [-0.2, -0.15) is 0 Å². The summed E-state index contributed by atoms with van der Waals surface area (Å²) < 4.78 is 6.64. The third-order valence-corrected chi connectivity index (χ3v) is 2.79. The molecule has 0 saturated carbocycles. The predicted octanol–water partition coefficient (Wildman–Crippen LogP) is 0.867. The largest absolute Gasteiger partial charge is 0.419 e. The summed E-state index contributed by atoms with van der Waals surface area (Å²) in [6.07, 6.45) is -0.584. The highest BCUT2D eigenvalue weighted by Gasteiger charge is 2.12. The summed E-state index contributed by atoms with van der Waals surface area (Å²) in [7, 11) is 1.78. The van der Waals surface area contributed by atoms with E-state index in [1.807, 2.05) is 6.92 Å². The molecule has 0 bridgehead atoms. The van der Waals surface area contributed by atoms with Crippen molar-refractivity contribution in [2.75, 3.05) is 13.6 Å². The van der Waals surface area contributed by atoms with E-state index in [-0.39, 0.29) is 5.76 Å². The van der Waals surface area contributed by atoms with Gasteiger partial charge in [-0.05, 0) is 31.7 Å². The number of rotatable bonds is 4. The maximum Gasteiger partial charge on any atom is 0.419 e. The first-order valence-electron chi connectivity index (χ1n) is 5.63. The average molecular weight is 236 g/mol. The van der Waals surface area contributed by atoms with Crippen LogP contribution in [0, 0.1) is 0 Å². The molecule has 0 fully saturated rings. The maximum atomic E-state index is 11.5. The normalized spacial score (nSPS) is 13.1. The minimum atomic E-state index is -0.584. The highest BCUT2D eigenvalue weighted by Crippen LogP contribution is 2.19. The Morgan fingerprint density at radius 3 is 2.94 bits per heavy atom. The van der Waals surface area contributed by atoms with Crippen LogP contribution in [0.25, 0.3) is 11.1 Å². The van der Waals surface area contributed by atoms with Crippen molar-refractivity contribution in [3.05, 3.63) is 34.3 Å². The van der Waals surface area contributed by atoms with E-state index in [1.165, 1.54) is 0 Å². The molecule has 2 N–H and O–H groups in total. The third-order valence-electron chi connectivity index (χ3n) is 2.79. The number of hydrogen-bond donors (Lipinski definition) is 2. The lowest BCUT2D eigenvalue weighted by Crippen LogP contribution is -2.17. The molecule has 0 aliphatic rings. The van der Waals surface area contributed by atoms with Gasteiger partial charge in [0.05, 0.1) is 11.6 Å². The Morgan fingerprint density at radius 2 is 2.29 bits per heavy atom. The van der Waals surface area contributed by atoms with Crippen molar-refractivity contribution in [3.8, 4) is 0 Å². The molecule has 2 rings (SSSR count). The molecule has 0 saturated heterocycles. The van der Waals surface area contributed by atoms with Crippen LogP contribution < -0.4 is 11.1 Å². The number of nitrogens with zero attached hydrogens (tertiary/aromatic N) is 1. The molecule has 1 aromatic heterocycles. The summed E-state index contributed by atoms with van der Waals surface area (Å²) in [5, 5.41) is 12.8. The van der Waals surface area contributed by atoms with Crippen LogP contribution in [0.4, 0.5) is 0 Å². The van der Waals surface area contributed by atoms with Crippen LogP contribution in [0.1, 0.15) is 18.6 Å². The Labute approximate surface area is 98.7 Å². The first-order valence-corrected chi connectivity index (χ1v) is 5.63. The van der Waals surface area contributed by atoms with Crippen molar-refractivity contribution in [1.82, 2.24) is 9.88 Å². The number of hydrogen-bond acceptors (Lipinski definition) is 4. The lowest BCUT2D eigenvalue weighted by Gasteiger charge is -2.10. The van der Waals surface area contributed by atoms with E-state index in [9.17, 15) is 9.90 Å². The average Bonchev–Trinajstić information content (AvgIpc) is 2.63. The van der Waals surface area contributed by atoms with Crippen molar-refractivity contribution in [1.29, 1.82) is 0 Å². The molecule has 2 aromatic rings. The zero-order valence-electron chi connectivity index (χ0n) is 9.93. The van der Waals surface area contributed by atoms with E-state index >= 15 is 0 Å². The van der Waals surface area contributed by atoms with E-state index in [4.69, 9.17) is 4.42 Å². The minimum Gasteiger partial charge on any atom is -0.408 e. The van der Waals surface area contributed by atoms with Crippen molar-refractivity contribution < 1.29 is 9.52 Å². The second-order valence-electron chi connectivity index (χ2n) is 3.91. The molecule has 0 aliphatic heterocycles. The molecule has 1 unspecified atom stereocenters. The van der Waals surface area contributed by atoms with Crippen LogP contribution in [0.2, 0.25) is 0 Å². The number of aromatic nitrogens is 1. The zero-order chi connectivity index (χ0) is 12.4. The van der Waals surface area contributed by atoms with Crippen LogP contribution in [0.3, 0.4) is 0 Å². The number of nitrogens with one attached hydrogen (secondary N) is 1. The standard InChI is InChI=1S/C12H16N2O3/c1-3-14-9-6-8(10(15)7-13-2)4-5-11(9)17-12(14)16/h4-6,10,13,15H,3,7H2,1-2H3. The Morgan fingerprint density at radius 1 is 1.53 bits per heavy atom. The monoisotopic (exact) mass is 236 g/mol. The summed E-state index contributed by atoms with van der Waals surface area (Å²) in [4.78, 5) is 11.5. The summed E-state index contributed by atoms with van der Waals surface area (Å²) in [5.41, 5.74) is 2.05. The fourth-order valence-corrected chi connectivity index (χ4v) is 1.90. The van der Waals surface area contributed by atoms with Gasteiger partial charge in [-0.1, -0.05) is 6.07 Å². The van der Waals surface area contributed by atoms with Gasteiger partial charge in [0, 0.05) is 13.1 Å². The fraction of sp³-hybridized carbons (Fsp3) is 0.417. The second kappa shape index (κ2) is 4.73. The molecule has 0 amide bonds. The molecule has 1 aromatic carbocycles. The predicted molar refractivity (Wildman–Crippen MR) is 65.0 cm³/mol. The molecule has 1 heterocycles. The number of fused-ring (bicyclic) bond motifs is 1. The number of aryl methyl sites for hydroxylation is 1. The SMILES string of the molecule is CCn1c(=O)oc2ccc(C(O)CNC)cc21. The Bertz CT molecular complexity index is 571. The van der Waals surface area contributed by atoms with E-state index in [0.29, 0.717) is 18.7 Å². The maximum absolute atomic E-state index is 11.5. The van der Waals surface area contributed by atoms with Crippen LogP contribution in [-0.4, -0.2) is 23.3 Å². The number of aliphatic hydroxyl groups excluding tert-OH is 1. The molecule has 0 spiro atoms. The van der Waals surface area contributed by atoms with Gasteiger partial charge in [0.15, 0.2) is 5.58 Å².